The Kier molecular flexibility index (Phi) is 5.40. The fourth-order valence-corrected chi connectivity index (χ4v) is 2.81. The molecular weight excluding hydrogens is 306 g/mol. The summed E-state index contributed by atoms with van der Waals surface area (Å²) in [5.41, 5.74) is 1.62. The fourth-order valence-electron chi connectivity index (χ4n) is 1.68. The first-order valence-corrected chi connectivity index (χ1v) is 7.56. The van der Waals surface area contributed by atoms with Crippen molar-refractivity contribution in [1.29, 1.82) is 0 Å². The fraction of sp³-hybridized carbons (Fsp3) is 0.188. The van der Waals surface area contributed by atoms with Crippen LogP contribution in [0.3, 0.4) is 0 Å². The van der Waals surface area contributed by atoms with Gasteiger partial charge in [-0.1, -0.05) is 29.5 Å². The van der Waals surface area contributed by atoms with Crippen molar-refractivity contribution >= 4 is 34.5 Å². The molecule has 3 nitrogen and oxygen atoms in total. The number of aliphatic hydroxyl groups is 1. The van der Waals surface area contributed by atoms with Crippen molar-refractivity contribution in [3.63, 3.8) is 0 Å². The summed E-state index contributed by atoms with van der Waals surface area (Å²) < 4.78 is 0. The lowest BCUT2D eigenvalue weighted by Gasteiger charge is -2.03. The quantitative estimate of drug-likeness (QED) is 0.848. The Labute approximate surface area is 132 Å². The number of amides is 1. The van der Waals surface area contributed by atoms with Gasteiger partial charge in [-0.25, -0.2) is 0 Å². The van der Waals surface area contributed by atoms with E-state index in [0.29, 0.717) is 22.0 Å². The van der Waals surface area contributed by atoms with Crippen LogP contribution in [-0.4, -0.2) is 17.6 Å². The van der Waals surface area contributed by atoms with Crippen LogP contribution in [0.5, 0.6) is 0 Å². The number of thiophene rings is 1. The summed E-state index contributed by atoms with van der Waals surface area (Å²) in [6, 6.07) is 8.83. The van der Waals surface area contributed by atoms with Crippen molar-refractivity contribution < 1.29 is 9.90 Å². The van der Waals surface area contributed by atoms with Gasteiger partial charge in [-0.2, -0.15) is 0 Å². The Bertz CT molecular complexity index is 713. The molecule has 2 N–H and O–H groups in total. The van der Waals surface area contributed by atoms with Gasteiger partial charge in [-0.05, 0) is 36.8 Å². The van der Waals surface area contributed by atoms with Crippen molar-refractivity contribution in [3.05, 3.63) is 50.7 Å². The van der Waals surface area contributed by atoms with Crippen LogP contribution in [0.2, 0.25) is 5.02 Å². The zero-order valence-electron chi connectivity index (χ0n) is 11.4. The van der Waals surface area contributed by atoms with Gasteiger partial charge in [0, 0.05) is 17.1 Å². The van der Waals surface area contributed by atoms with Crippen molar-refractivity contribution in [2.75, 3.05) is 11.9 Å². The molecule has 0 saturated heterocycles. The van der Waals surface area contributed by atoms with Crippen LogP contribution < -0.4 is 5.32 Å². The van der Waals surface area contributed by atoms with Gasteiger partial charge in [0.15, 0.2) is 0 Å². The third-order valence-electron chi connectivity index (χ3n) is 2.66. The minimum Gasteiger partial charge on any atom is -0.395 e. The molecule has 0 bridgehead atoms. The normalized spacial score (nSPS) is 9.86. The van der Waals surface area contributed by atoms with Crippen molar-refractivity contribution in [2.45, 2.75) is 13.3 Å². The molecule has 2 aromatic rings. The number of anilines is 1. The molecule has 0 aliphatic rings. The molecule has 108 valence electrons. The molecule has 0 aliphatic heterocycles. The maximum Gasteiger partial charge on any atom is 0.265 e. The molecule has 21 heavy (non-hydrogen) atoms. The average Bonchev–Trinajstić information content (AvgIpc) is 2.81. The van der Waals surface area contributed by atoms with Crippen LogP contribution in [0.1, 0.15) is 26.5 Å². The zero-order chi connectivity index (χ0) is 15.2. The summed E-state index contributed by atoms with van der Waals surface area (Å²) in [4.78, 5) is 13.6. The SMILES string of the molecule is Cc1cc(C(=O)Nc2cccc(Cl)c2)sc1C#CCCO. The second-order valence-electron chi connectivity index (χ2n) is 4.36. The summed E-state index contributed by atoms with van der Waals surface area (Å²) in [7, 11) is 0. The van der Waals surface area contributed by atoms with Crippen molar-refractivity contribution in [1.82, 2.24) is 0 Å². The lowest BCUT2D eigenvalue weighted by atomic mass is 10.2. The lowest BCUT2D eigenvalue weighted by molar-refractivity contribution is 0.103. The number of hydrogen-bond acceptors (Lipinski definition) is 3. The van der Waals surface area contributed by atoms with Gasteiger partial charge in [0.05, 0.1) is 16.4 Å². The minimum atomic E-state index is -0.180. The van der Waals surface area contributed by atoms with E-state index in [1.165, 1.54) is 11.3 Å². The number of carbonyl (C=O) groups is 1. The van der Waals surface area contributed by atoms with Gasteiger partial charge in [0.25, 0.3) is 5.91 Å². The number of carbonyl (C=O) groups excluding carboxylic acids is 1. The first-order chi connectivity index (χ1) is 10.1. The molecule has 1 aromatic carbocycles. The van der Waals surface area contributed by atoms with E-state index in [0.717, 1.165) is 10.4 Å². The second-order valence-corrected chi connectivity index (χ2v) is 5.85. The Hall–Kier alpha value is -1.80. The van der Waals surface area contributed by atoms with Gasteiger partial charge in [0.1, 0.15) is 0 Å². The predicted molar refractivity (Wildman–Crippen MR) is 87.0 cm³/mol. The van der Waals surface area contributed by atoms with Crippen molar-refractivity contribution in [3.8, 4) is 11.8 Å². The van der Waals surface area contributed by atoms with E-state index in [2.05, 4.69) is 17.2 Å². The Morgan fingerprint density at radius 1 is 1.43 bits per heavy atom. The first-order valence-electron chi connectivity index (χ1n) is 6.37. The van der Waals surface area contributed by atoms with E-state index >= 15 is 0 Å². The molecule has 2 rings (SSSR count). The van der Waals surface area contributed by atoms with Crippen LogP contribution in [-0.2, 0) is 0 Å². The number of nitrogens with one attached hydrogen (secondary N) is 1. The number of hydrogen-bond donors (Lipinski definition) is 2. The number of rotatable bonds is 3. The summed E-state index contributed by atoms with van der Waals surface area (Å²) in [6.45, 7) is 1.95. The van der Waals surface area contributed by atoms with Crippen LogP contribution in [0.25, 0.3) is 0 Å². The number of halogens is 1. The van der Waals surface area contributed by atoms with Gasteiger partial charge >= 0.3 is 0 Å². The number of aryl methyl sites for hydroxylation is 1. The molecule has 0 atom stereocenters. The van der Waals surface area contributed by atoms with Crippen LogP contribution >= 0.6 is 22.9 Å². The van der Waals surface area contributed by atoms with Gasteiger partial charge in [0.2, 0.25) is 0 Å². The molecular formula is C16H14ClNO2S. The van der Waals surface area contributed by atoms with E-state index in [9.17, 15) is 4.79 Å². The second kappa shape index (κ2) is 7.28. The maximum absolute atomic E-state index is 12.2. The van der Waals surface area contributed by atoms with Crippen LogP contribution in [0.15, 0.2) is 30.3 Å². The highest BCUT2D eigenvalue weighted by Gasteiger charge is 2.11. The summed E-state index contributed by atoms with van der Waals surface area (Å²) >= 11 is 7.23. The maximum atomic E-state index is 12.2. The number of benzene rings is 1. The van der Waals surface area contributed by atoms with E-state index in [1.54, 1.807) is 24.3 Å². The highest BCUT2D eigenvalue weighted by atomic mass is 35.5. The van der Waals surface area contributed by atoms with Gasteiger partial charge in [-0.15, -0.1) is 11.3 Å². The van der Waals surface area contributed by atoms with E-state index in [1.807, 2.05) is 13.0 Å². The minimum absolute atomic E-state index is 0.0412. The largest absolute Gasteiger partial charge is 0.395 e. The molecule has 0 fully saturated rings. The Morgan fingerprint density at radius 3 is 2.95 bits per heavy atom. The van der Waals surface area contributed by atoms with Gasteiger partial charge < -0.3 is 10.4 Å². The van der Waals surface area contributed by atoms with E-state index < -0.39 is 0 Å². The Morgan fingerprint density at radius 2 is 2.24 bits per heavy atom. The molecule has 1 aromatic heterocycles. The average molecular weight is 320 g/mol. The molecule has 0 saturated carbocycles. The predicted octanol–water partition coefficient (Wildman–Crippen LogP) is 3.70. The molecule has 5 heteroatoms. The molecule has 1 heterocycles. The smallest absolute Gasteiger partial charge is 0.265 e. The van der Waals surface area contributed by atoms with E-state index in [4.69, 9.17) is 16.7 Å². The monoisotopic (exact) mass is 319 g/mol. The molecule has 0 unspecified atom stereocenters. The summed E-state index contributed by atoms with van der Waals surface area (Å²) in [5, 5.41) is 12.1. The lowest BCUT2D eigenvalue weighted by Crippen LogP contribution is -2.09. The van der Waals surface area contributed by atoms with Crippen molar-refractivity contribution in [2.24, 2.45) is 0 Å². The Balaban J connectivity index is 2.13. The molecule has 0 spiro atoms. The molecule has 0 radical (unpaired) electrons. The molecule has 1 amide bonds. The topological polar surface area (TPSA) is 49.3 Å². The van der Waals surface area contributed by atoms with E-state index in [-0.39, 0.29) is 12.5 Å². The van der Waals surface area contributed by atoms with Crippen LogP contribution in [0, 0.1) is 18.8 Å². The highest BCUT2D eigenvalue weighted by Crippen LogP contribution is 2.23. The van der Waals surface area contributed by atoms with Crippen LogP contribution in [0.4, 0.5) is 5.69 Å². The standard InChI is InChI=1S/C16H14ClNO2S/c1-11-9-15(21-14(11)7-2-3-8-19)16(20)18-13-6-4-5-12(17)10-13/h4-6,9-10,19H,3,8H2,1H3,(H,18,20). The first kappa shape index (κ1) is 15.6. The zero-order valence-corrected chi connectivity index (χ0v) is 13.0. The summed E-state index contributed by atoms with van der Waals surface area (Å²) in [5.74, 6) is 5.65. The number of aliphatic hydroxyl groups excluding tert-OH is 1. The third-order valence-corrected chi connectivity index (χ3v) is 4.05. The highest BCUT2D eigenvalue weighted by molar-refractivity contribution is 7.14. The third kappa shape index (κ3) is 4.33. The summed E-state index contributed by atoms with van der Waals surface area (Å²) in [6.07, 6.45) is 0.432. The van der Waals surface area contributed by atoms with Gasteiger partial charge in [-0.3, -0.25) is 4.79 Å². The molecule has 0 aliphatic carbocycles.